The summed E-state index contributed by atoms with van der Waals surface area (Å²) in [5.74, 6) is -0.660. The Hall–Kier alpha value is -3.22. The molecular formula is C19H23N5O5. The van der Waals surface area contributed by atoms with Crippen LogP contribution in [-0.4, -0.2) is 64.4 Å². The van der Waals surface area contributed by atoms with Crippen molar-refractivity contribution in [2.75, 3.05) is 52.7 Å². The number of nitrogens with one attached hydrogen (secondary N) is 1. The Balaban J connectivity index is 2.12. The van der Waals surface area contributed by atoms with Crippen molar-refractivity contribution in [2.24, 2.45) is 5.11 Å². The van der Waals surface area contributed by atoms with Crippen LogP contribution in [0.2, 0.25) is 0 Å². The Bertz CT molecular complexity index is 768. The maximum absolute atomic E-state index is 12.1. The molecule has 0 atom stereocenters. The molecule has 0 bridgehead atoms. The van der Waals surface area contributed by atoms with E-state index in [2.05, 4.69) is 15.3 Å². The largest absolute Gasteiger partial charge is 0.379 e. The van der Waals surface area contributed by atoms with E-state index in [4.69, 9.17) is 25.0 Å². The standard InChI is InChI=1S/C19H23N5O5/c20-6-2-5-18(25)16-3-1-4-17(15-16)19(26)22-7-9-27-11-13-29-14-12-28-10-8-23-24-21/h1-5,15H,7-14H2,(H,22,26)/b5-2+. The van der Waals surface area contributed by atoms with Gasteiger partial charge in [0.2, 0.25) is 0 Å². The van der Waals surface area contributed by atoms with Crippen molar-refractivity contribution in [3.8, 4) is 6.07 Å². The second-order valence-electron chi connectivity index (χ2n) is 5.45. The second kappa shape index (κ2) is 15.8. The summed E-state index contributed by atoms with van der Waals surface area (Å²) in [4.78, 5) is 26.6. The summed E-state index contributed by atoms with van der Waals surface area (Å²) >= 11 is 0. The van der Waals surface area contributed by atoms with E-state index in [1.807, 2.05) is 0 Å². The van der Waals surface area contributed by atoms with E-state index in [1.54, 1.807) is 24.3 Å². The number of rotatable bonds is 15. The third-order valence-corrected chi connectivity index (χ3v) is 3.39. The zero-order valence-corrected chi connectivity index (χ0v) is 16.0. The molecule has 1 amide bonds. The Morgan fingerprint density at radius 3 is 2.45 bits per heavy atom. The topological polar surface area (TPSA) is 146 Å². The number of carbonyl (C=O) groups excluding carboxylic acids is 2. The van der Waals surface area contributed by atoms with Gasteiger partial charge in [-0.3, -0.25) is 9.59 Å². The number of benzene rings is 1. The predicted octanol–water partition coefficient (Wildman–Crippen LogP) is 2.04. The Morgan fingerprint density at radius 2 is 1.76 bits per heavy atom. The number of azide groups is 1. The molecule has 0 fully saturated rings. The number of hydrogen-bond acceptors (Lipinski definition) is 7. The van der Waals surface area contributed by atoms with Crippen molar-refractivity contribution in [1.29, 1.82) is 5.26 Å². The lowest BCUT2D eigenvalue weighted by molar-refractivity contribution is 0.0166. The van der Waals surface area contributed by atoms with Gasteiger partial charge in [-0.15, -0.1) is 0 Å². The normalized spacial score (nSPS) is 10.3. The fraction of sp³-hybridized carbons (Fsp3) is 0.421. The van der Waals surface area contributed by atoms with Gasteiger partial charge in [-0.2, -0.15) is 5.26 Å². The van der Waals surface area contributed by atoms with Crippen LogP contribution in [0.4, 0.5) is 0 Å². The van der Waals surface area contributed by atoms with Gasteiger partial charge in [-0.05, 0) is 23.7 Å². The molecule has 0 spiro atoms. The van der Waals surface area contributed by atoms with Gasteiger partial charge in [0.25, 0.3) is 5.91 Å². The quantitative estimate of drug-likeness (QED) is 0.0905. The molecule has 1 aromatic carbocycles. The van der Waals surface area contributed by atoms with Crippen LogP contribution >= 0.6 is 0 Å². The van der Waals surface area contributed by atoms with E-state index in [-0.39, 0.29) is 11.7 Å². The third kappa shape index (κ3) is 11.3. The minimum atomic E-state index is -0.342. The molecule has 29 heavy (non-hydrogen) atoms. The van der Waals surface area contributed by atoms with Crippen molar-refractivity contribution >= 4 is 11.7 Å². The van der Waals surface area contributed by atoms with Crippen molar-refractivity contribution in [1.82, 2.24) is 5.32 Å². The lowest BCUT2D eigenvalue weighted by atomic mass is 10.1. The SMILES string of the molecule is N#C/C=C/C(=O)c1cccc(C(=O)NCCOCCOCCOCCN=[N+]=[N-])c1. The highest BCUT2D eigenvalue weighted by molar-refractivity contribution is 6.06. The number of allylic oxidation sites excluding steroid dienone is 2. The van der Waals surface area contributed by atoms with E-state index in [9.17, 15) is 9.59 Å². The van der Waals surface area contributed by atoms with Crippen LogP contribution in [0.25, 0.3) is 10.4 Å². The minimum Gasteiger partial charge on any atom is -0.379 e. The number of nitriles is 1. The molecule has 0 aliphatic carbocycles. The van der Waals surface area contributed by atoms with Gasteiger partial charge in [-0.25, -0.2) is 0 Å². The average molecular weight is 401 g/mol. The number of amides is 1. The molecule has 0 heterocycles. The van der Waals surface area contributed by atoms with Gasteiger partial charge in [0.15, 0.2) is 5.78 Å². The number of nitrogens with zero attached hydrogens (tertiary/aromatic N) is 4. The molecule has 10 heteroatoms. The molecule has 10 nitrogen and oxygen atoms in total. The van der Waals surface area contributed by atoms with Crippen LogP contribution in [0.3, 0.4) is 0 Å². The van der Waals surface area contributed by atoms with Crippen molar-refractivity contribution < 1.29 is 23.8 Å². The summed E-state index contributed by atoms with van der Waals surface area (Å²) in [5, 5.41) is 14.5. The van der Waals surface area contributed by atoms with E-state index in [0.717, 1.165) is 12.2 Å². The van der Waals surface area contributed by atoms with Gasteiger partial charge in [0.05, 0.1) is 45.7 Å². The molecular weight excluding hydrogens is 378 g/mol. The highest BCUT2D eigenvalue weighted by Crippen LogP contribution is 2.07. The Labute approximate surface area is 168 Å². The molecule has 1 aromatic rings. The molecule has 1 N–H and O–H groups in total. The van der Waals surface area contributed by atoms with Crippen LogP contribution in [0.1, 0.15) is 20.7 Å². The minimum absolute atomic E-state index is 0.296. The maximum atomic E-state index is 12.1. The molecule has 0 aromatic heterocycles. The van der Waals surface area contributed by atoms with E-state index in [0.29, 0.717) is 63.9 Å². The van der Waals surface area contributed by atoms with Crippen LogP contribution in [0, 0.1) is 11.3 Å². The molecule has 0 aliphatic rings. The van der Waals surface area contributed by atoms with Crippen molar-refractivity contribution in [3.05, 3.63) is 58.0 Å². The fourth-order valence-corrected chi connectivity index (χ4v) is 2.05. The number of carbonyl (C=O) groups is 2. The molecule has 154 valence electrons. The van der Waals surface area contributed by atoms with Gasteiger partial charge in [0.1, 0.15) is 0 Å². The van der Waals surface area contributed by atoms with E-state index < -0.39 is 0 Å². The van der Waals surface area contributed by atoms with Crippen molar-refractivity contribution in [2.45, 2.75) is 0 Å². The monoisotopic (exact) mass is 401 g/mol. The van der Waals surface area contributed by atoms with Gasteiger partial charge >= 0.3 is 0 Å². The molecule has 0 saturated heterocycles. The van der Waals surface area contributed by atoms with Crippen LogP contribution in [0.5, 0.6) is 0 Å². The molecule has 1 rings (SSSR count). The Morgan fingerprint density at radius 1 is 1.10 bits per heavy atom. The van der Waals surface area contributed by atoms with Gasteiger partial charge in [-0.1, -0.05) is 17.2 Å². The van der Waals surface area contributed by atoms with Crippen LogP contribution in [-0.2, 0) is 14.2 Å². The number of ether oxygens (including phenoxy) is 3. The molecule has 0 radical (unpaired) electrons. The smallest absolute Gasteiger partial charge is 0.251 e. The summed E-state index contributed by atoms with van der Waals surface area (Å²) in [6.45, 7) is 2.88. The van der Waals surface area contributed by atoms with E-state index >= 15 is 0 Å². The van der Waals surface area contributed by atoms with Crippen molar-refractivity contribution in [3.63, 3.8) is 0 Å². The number of ketones is 1. The third-order valence-electron chi connectivity index (χ3n) is 3.39. The second-order valence-corrected chi connectivity index (χ2v) is 5.45. The average Bonchev–Trinajstić information content (AvgIpc) is 2.75. The maximum Gasteiger partial charge on any atom is 0.251 e. The van der Waals surface area contributed by atoms with E-state index in [1.165, 1.54) is 6.07 Å². The lowest BCUT2D eigenvalue weighted by Gasteiger charge is -2.08. The highest BCUT2D eigenvalue weighted by Gasteiger charge is 2.08. The summed E-state index contributed by atoms with van der Waals surface area (Å²) in [6.07, 6.45) is 2.25. The zero-order valence-electron chi connectivity index (χ0n) is 16.0. The van der Waals surface area contributed by atoms with Gasteiger partial charge in [0, 0.05) is 35.2 Å². The first-order chi connectivity index (χ1) is 14.2. The highest BCUT2D eigenvalue weighted by atomic mass is 16.5. The molecule has 0 saturated carbocycles. The molecule has 0 unspecified atom stereocenters. The first-order valence-electron chi connectivity index (χ1n) is 8.92. The summed E-state index contributed by atoms with van der Waals surface area (Å²) in [7, 11) is 0. The molecule has 0 aliphatic heterocycles. The number of hydrogen-bond donors (Lipinski definition) is 1. The summed E-state index contributed by atoms with van der Waals surface area (Å²) < 4.78 is 15.8. The summed E-state index contributed by atoms with van der Waals surface area (Å²) in [6, 6.07) is 8.01. The fourth-order valence-electron chi connectivity index (χ4n) is 2.05. The van der Waals surface area contributed by atoms with Crippen LogP contribution < -0.4 is 5.32 Å². The lowest BCUT2D eigenvalue weighted by Crippen LogP contribution is -2.27. The van der Waals surface area contributed by atoms with Gasteiger partial charge < -0.3 is 19.5 Å². The Kier molecular flexibility index (Phi) is 13.0. The zero-order chi connectivity index (χ0) is 21.2. The first-order valence-corrected chi connectivity index (χ1v) is 8.92. The summed E-state index contributed by atoms with van der Waals surface area (Å²) in [5.41, 5.74) is 8.78. The first kappa shape index (κ1) is 23.8. The predicted molar refractivity (Wildman–Crippen MR) is 104 cm³/mol. The van der Waals surface area contributed by atoms with Crippen LogP contribution in [0.15, 0.2) is 41.5 Å².